The normalized spacial score (nSPS) is 10.9. The number of amides is 1. The number of hydrazone groups is 1. The Hall–Kier alpha value is -3.48. The molecule has 6 nitrogen and oxygen atoms in total. The first-order valence-electron chi connectivity index (χ1n) is 8.34. The summed E-state index contributed by atoms with van der Waals surface area (Å²) in [5.74, 6) is -0.386. The highest BCUT2D eigenvalue weighted by atomic mass is 19.1. The van der Waals surface area contributed by atoms with Crippen molar-refractivity contribution in [2.24, 2.45) is 12.1 Å². The van der Waals surface area contributed by atoms with Gasteiger partial charge in [-0.15, -0.1) is 0 Å². The van der Waals surface area contributed by atoms with Crippen LogP contribution in [0.1, 0.15) is 11.3 Å². The average molecular weight is 366 g/mol. The standard InChI is InChI=1S/C20H19FN4O2/c1-14-18(20(21)25(2)24-14)12-22-23-19(26)13-27-17-10-8-16(9-11-17)15-6-4-3-5-7-15/h3-12H,13H2,1-2H3,(H,23,26)/b22-12+. The van der Waals surface area contributed by atoms with Gasteiger partial charge in [0.25, 0.3) is 5.91 Å². The van der Waals surface area contributed by atoms with Crippen LogP contribution in [0.2, 0.25) is 0 Å². The van der Waals surface area contributed by atoms with Gasteiger partial charge >= 0.3 is 0 Å². The lowest BCUT2D eigenvalue weighted by molar-refractivity contribution is -0.123. The molecule has 0 fully saturated rings. The van der Waals surface area contributed by atoms with E-state index < -0.39 is 11.9 Å². The first kappa shape index (κ1) is 18.3. The van der Waals surface area contributed by atoms with Crippen LogP contribution in [-0.4, -0.2) is 28.5 Å². The van der Waals surface area contributed by atoms with Crippen LogP contribution in [0.4, 0.5) is 4.39 Å². The van der Waals surface area contributed by atoms with Crippen molar-refractivity contribution in [1.29, 1.82) is 0 Å². The van der Waals surface area contributed by atoms with Crippen LogP contribution < -0.4 is 10.2 Å². The van der Waals surface area contributed by atoms with Crippen LogP contribution in [0.5, 0.6) is 5.75 Å². The molecule has 1 heterocycles. The minimum atomic E-state index is -0.514. The number of ether oxygens (including phenoxy) is 1. The van der Waals surface area contributed by atoms with Gasteiger partial charge in [0.1, 0.15) is 5.75 Å². The second kappa shape index (κ2) is 8.27. The number of hydrogen-bond donors (Lipinski definition) is 1. The van der Waals surface area contributed by atoms with E-state index in [4.69, 9.17) is 4.74 Å². The van der Waals surface area contributed by atoms with E-state index in [1.807, 2.05) is 42.5 Å². The van der Waals surface area contributed by atoms with E-state index in [-0.39, 0.29) is 12.2 Å². The summed E-state index contributed by atoms with van der Waals surface area (Å²) in [5, 5.41) is 7.67. The SMILES string of the molecule is Cc1nn(C)c(F)c1/C=N/NC(=O)COc1ccc(-c2ccccc2)cc1. The fourth-order valence-corrected chi connectivity index (χ4v) is 2.52. The zero-order valence-corrected chi connectivity index (χ0v) is 15.0. The summed E-state index contributed by atoms with van der Waals surface area (Å²) in [4.78, 5) is 11.8. The molecule has 138 valence electrons. The molecule has 0 atom stereocenters. The number of nitrogens with zero attached hydrogens (tertiary/aromatic N) is 3. The lowest BCUT2D eigenvalue weighted by Crippen LogP contribution is -2.24. The van der Waals surface area contributed by atoms with Crippen molar-refractivity contribution in [1.82, 2.24) is 15.2 Å². The Kier molecular flexibility index (Phi) is 5.61. The van der Waals surface area contributed by atoms with Crippen molar-refractivity contribution in [3.63, 3.8) is 0 Å². The van der Waals surface area contributed by atoms with Crippen LogP contribution in [0.3, 0.4) is 0 Å². The molecule has 0 bridgehead atoms. The van der Waals surface area contributed by atoms with Gasteiger partial charge in [0.15, 0.2) is 6.61 Å². The van der Waals surface area contributed by atoms with E-state index in [1.54, 1.807) is 19.1 Å². The highest BCUT2D eigenvalue weighted by molar-refractivity contribution is 5.83. The molecule has 3 rings (SSSR count). The maximum atomic E-state index is 13.7. The summed E-state index contributed by atoms with van der Waals surface area (Å²) in [6.45, 7) is 1.46. The molecule has 0 unspecified atom stereocenters. The molecule has 0 radical (unpaired) electrons. The molecular formula is C20H19FN4O2. The first-order valence-corrected chi connectivity index (χ1v) is 8.34. The van der Waals surface area contributed by atoms with Crippen LogP contribution in [0.25, 0.3) is 11.1 Å². The van der Waals surface area contributed by atoms with Crippen molar-refractivity contribution in [2.75, 3.05) is 6.61 Å². The zero-order chi connectivity index (χ0) is 19.2. The fraction of sp³-hybridized carbons (Fsp3) is 0.150. The number of halogens is 1. The molecule has 3 aromatic rings. The number of carbonyl (C=O) groups is 1. The third kappa shape index (κ3) is 4.58. The maximum Gasteiger partial charge on any atom is 0.277 e. The summed E-state index contributed by atoms with van der Waals surface area (Å²) in [7, 11) is 1.50. The molecule has 27 heavy (non-hydrogen) atoms. The van der Waals surface area contributed by atoms with Crippen LogP contribution in [-0.2, 0) is 11.8 Å². The molecule has 1 aromatic heterocycles. The number of carbonyl (C=O) groups excluding carboxylic acids is 1. The van der Waals surface area contributed by atoms with Crippen molar-refractivity contribution in [3.05, 3.63) is 71.8 Å². The monoisotopic (exact) mass is 366 g/mol. The summed E-state index contributed by atoms with van der Waals surface area (Å²) in [5.41, 5.74) is 5.19. The van der Waals surface area contributed by atoms with Gasteiger partial charge in [0.2, 0.25) is 5.95 Å². The van der Waals surface area contributed by atoms with Gasteiger partial charge in [-0.05, 0) is 30.2 Å². The Morgan fingerprint density at radius 2 is 1.85 bits per heavy atom. The molecule has 0 saturated carbocycles. The van der Waals surface area contributed by atoms with E-state index >= 15 is 0 Å². The van der Waals surface area contributed by atoms with Gasteiger partial charge in [-0.3, -0.25) is 4.79 Å². The highest BCUT2D eigenvalue weighted by Gasteiger charge is 2.10. The van der Waals surface area contributed by atoms with E-state index in [2.05, 4.69) is 15.6 Å². The molecule has 0 spiro atoms. The second-order valence-corrected chi connectivity index (χ2v) is 5.89. The van der Waals surface area contributed by atoms with Gasteiger partial charge in [-0.1, -0.05) is 42.5 Å². The number of aromatic nitrogens is 2. The van der Waals surface area contributed by atoms with E-state index in [0.717, 1.165) is 15.8 Å². The Labute approximate surface area is 156 Å². The topological polar surface area (TPSA) is 68.5 Å². The molecule has 1 amide bonds. The lowest BCUT2D eigenvalue weighted by atomic mass is 10.1. The van der Waals surface area contributed by atoms with Gasteiger partial charge in [0, 0.05) is 7.05 Å². The Morgan fingerprint density at radius 1 is 1.19 bits per heavy atom. The number of nitrogens with one attached hydrogen (secondary N) is 1. The Balaban J connectivity index is 1.51. The average Bonchev–Trinajstić information content (AvgIpc) is 2.93. The van der Waals surface area contributed by atoms with Gasteiger partial charge in [-0.25, -0.2) is 10.1 Å². The summed E-state index contributed by atoms with van der Waals surface area (Å²) >= 11 is 0. The van der Waals surface area contributed by atoms with Gasteiger partial charge in [-0.2, -0.15) is 14.6 Å². The van der Waals surface area contributed by atoms with E-state index in [9.17, 15) is 9.18 Å². The third-order valence-electron chi connectivity index (χ3n) is 3.91. The largest absolute Gasteiger partial charge is 0.484 e. The van der Waals surface area contributed by atoms with E-state index in [1.165, 1.54) is 13.3 Å². The van der Waals surface area contributed by atoms with Crippen LogP contribution >= 0.6 is 0 Å². The molecular weight excluding hydrogens is 347 g/mol. The molecule has 0 aliphatic heterocycles. The molecule has 0 aliphatic carbocycles. The van der Waals surface area contributed by atoms with Crippen molar-refractivity contribution >= 4 is 12.1 Å². The lowest BCUT2D eigenvalue weighted by Gasteiger charge is -2.06. The fourth-order valence-electron chi connectivity index (χ4n) is 2.52. The van der Waals surface area contributed by atoms with Crippen molar-refractivity contribution < 1.29 is 13.9 Å². The first-order chi connectivity index (χ1) is 13.0. The van der Waals surface area contributed by atoms with Gasteiger partial charge in [0.05, 0.1) is 17.5 Å². The molecule has 0 saturated heterocycles. The summed E-state index contributed by atoms with van der Waals surface area (Å²) in [6.07, 6.45) is 1.23. The molecule has 2 aromatic carbocycles. The zero-order valence-electron chi connectivity index (χ0n) is 15.0. The molecule has 1 N–H and O–H groups in total. The molecule has 7 heteroatoms. The van der Waals surface area contributed by atoms with Crippen LogP contribution in [0, 0.1) is 12.9 Å². The highest BCUT2D eigenvalue weighted by Crippen LogP contribution is 2.21. The number of hydrogen-bond acceptors (Lipinski definition) is 4. The van der Waals surface area contributed by atoms with Crippen LogP contribution in [0.15, 0.2) is 59.7 Å². The smallest absolute Gasteiger partial charge is 0.277 e. The predicted octanol–water partition coefficient (Wildman–Crippen LogP) is 3.06. The molecule has 0 aliphatic rings. The Morgan fingerprint density at radius 3 is 2.48 bits per heavy atom. The predicted molar refractivity (Wildman–Crippen MR) is 101 cm³/mol. The summed E-state index contributed by atoms with van der Waals surface area (Å²) < 4.78 is 20.3. The van der Waals surface area contributed by atoms with Gasteiger partial charge < -0.3 is 4.74 Å². The second-order valence-electron chi connectivity index (χ2n) is 5.89. The number of benzene rings is 2. The quantitative estimate of drug-likeness (QED) is 0.538. The Bertz CT molecular complexity index is 950. The van der Waals surface area contributed by atoms with E-state index in [0.29, 0.717) is 11.4 Å². The number of rotatable bonds is 6. The number of aryl methyl sites for hydroxylation is 2. The summed E-state index contributed by atoms with van der Waals surface area (Å²) in [6, 6.07) is 17.4. The third-order valence-corrected chi connectivity index (χ3v) is 3.91. The minimum Gasteiger partial charge on any atom is -0.484 e. The van der Waals surface area contributed by atoms with Crippen molar-refractivity contribution in [3.8, 4) is 16.9 Å². The van der Waals surface area contributed by atoms with Crippen molar-refractivity contribution in [2.45, 2.75) is 6.92 Å². The maximum absolute atomic E-state index is 13.7. The minimum absolute atomic E-state index is 0.198.